The maximum Gasteiger partial charge on any atom is 0.238 e. The van der Waals surface area contributed by atoms with Crippen LogP contribution < -0.4 is 0 Å². The summed E-state index contributed by atoms with van der Waals surface area (Å²) >= 11 is 1.04. The maximum absolute atomic E-state index is 9.94. The lowest BCUT2D eigenvalue weighted by molar-refractivity contribution is 0.669. The van der Waals surface area contributed by atoms with E-state index in [1.165, 1.54) is 4.57 Å². The Kier molecular flexibility index (Phi) is 5.18. The number of fused-ring (bicyclic) bond motifs is 9. The first-order chi connectivity index (χ1) is 32.4. The zero-order chi connectivity index (χ0) is 46.2. The molecule has 57 heavy (non-hydrogen) atoms. The molecule has 0 saturated carbocycles. The zero-order valence-corrected chi connectivity index (χ0v) is 30.5. The van der Waals surface area contributed by atoms with Gasteiger partial charge < -0.3 is 4.42 Å². The largest absolute Gasteiger partial charge is 0.456 e. The molecule has 0 radical (unpaired) electrons. The van der Waals surface area contributed by atoms with Crippen molar-refractivity contribution in [3.8, 4) is 51.0 Å². The summed E-state index contributed by atoms with van der Waals surface area (Å²) in [7, 11) is 0. The quantitative estimate of drug-likeness (QED) is 0.175. The van der Waals surface area contributed by atoms with E-state index in [1.807, 2.05) is 78.9 Å². The topological polar surface area (TPSA) is 56.7 Å². The van der Waals surface area contributed by atoms with Crippen molar-refractivity contribution in [3.05, 3.63) is 182 Å². The Balaban J connectivity index is 1.19. The standard InChI is InChI=1S/C51H30N4OS/c1-4-13-31(14-5-1)34-23-25-38-41-29-40-37-19-10-11-21-42(37)55(43(40)30-47(41)57-46(38)28-34)51-53-49(33-17-8-3-9-18-33)52-50(54-51)35-24-26-39-45(27-35)56-44-22-12-20-36(48(39)44)32-15-6-2-7-16-32/h1-30H/i10D,11D,19D,21D,23D,25D,27D,28D,29D,30D. The summed E-state index contributed by atoms with van der Waals surface area (Å²) < 4.78 is 102. The highest BCUT2D eigenvalue weighted by Crippen LogP contribution is 2.42. The predicted molar refractivity (Wildman–Crippen MR) is 236 cm³/mol. The van der Waals surface area contributed by atoms with E-state index in [2.05, 4.69) is 0 Å². The Morgan fingerprint density at radius 3 is 1.98 bits per heavy atom. The molecule has 0 aliphatic heterocycles. The highest BCUT2D eigenvalue weighted by atomic mass is 32.1. The molecule has 0 spiro atoms. The fraction of sp³-hybridized carbons (Fsp3) is 0. The van der Waals surface area contributed by atoms with Crippen LogP contribution in [0.3, 0.4) is 0 Å². The van der Waals surface area contributed by atoms with Crippen molar-refractivity contribution in [1.29, 1.82) is 0 Å². The molecule has 0 amide bonds. The van der Waals surface area contributed by atoms with Crippen LogP contribution in [0.2, 0.25) is 0 Å². The van der Waals surface area contributed by atoms with E-state index in [9.17, 15) is 9.60 Å². The molecule has 8 aromatic carbocycles. The van der Waals surface area contributed by atoms with E-state index < -0.39 is 24.2 Å². The van der Waals surface area contributed by atoms with Gasteiger partial charge >= 0.3 is 0 Å². The van der Waals surface area contributed by atoms with E-state index in [-0.39, 0.29) is 102 Å². The van der Waals surface area contributed by atoms with Crippen LogP contribution >= 0.6 is 11.3 Å². The van der Waals surface area contributed by atoms with Crippen LogP contribution in [0.1, 0.15) is 13.7 Å². The van der Waals surface area contributed by atoms with Gasteiger partial charge in [-0.25, -0.2) is 4.98 Å². The average Bonchev–Trinajstić information content (AvgIpc) is 4.07. The molecule has 0 aliphatic carbocycles. The minimum atomic E-state index is -0.553. The molecule has 12 aromatic rings. The molecule has 266 valence electrons. The van der Waals surface area contributed by atoms with Gasteiger partial charge in [-0.05, 0) is 64.6 Å². The molecule has 12 rings (SSSR count). The Morgan fingerprint density at radius 2 is 1.18 bits per heavy atom. The summed E-state index contributed by atoms with van der Waals surface area (Å²) in [6, 6.07) is 34.4. The minimum Gasteiger partial charge on any atom is -0.456 e. The van der Waals surface area contributed by atoms with Crippen LogP contribution in [0.25, 0.3) is 115 Å². The Hall–Kier alpha value is -7.41. The molecule has 0 atom stereocenters. The number of furan rings is 1. The summed E-state index contributed by atoms with van der Waals surface area (Å²) in [5.74, 6) is 0.0754. The lowest BCUT2D eigenvalue weighted by atomic mass is 9.99. The van der Waals surface area contributed by atoms with Crippen molar-refractivity contribution in [3.63, 3.8) is 0 Å². The summed E-state index contributed by atoms with van der Waals surface area (Å²) in [5.41, 5.74) is 4.41. The molecule has 4 heterocycles. The lowest BCUT2D eigenvalue weighted by Crippen LogP contribution is -2.06. The Bertz CT molecular complexity index is 4100. The fourth-order valence-corrected chi connectivity index (χ4v) is 8.59. The van der Waals surface area contributed by atoms with Gasteiger partial charge in [0, 0.05) is 52.8 Å². The van der Waals surface area contributed by atoms with E-state index in [1.54, 1.807) is 42.5 Å². The van der Waals surface area contributed by atoms with Crippen LogP contribution in [0.5, 0.6) is 0 Å². The molecular weight excluding hydrogens is 717 g/mol. The lowest BCUT2D eigenvalue weighted by Gasteiger charge is -2.11. The first-order valence-electron chi connectivity index (χ1n) is 23.2. The SMILES string of the molecule is [2H]c1c(-c2ccccc2)c([2H])c2sc3c([2H])c4c(c([2H])c3c2c1[2H])c1c([2H])c([2H])c([2H])c([2H])c1n4-c1nc(-c2ccccc2)nc(-c2ccc3c(oc4cccc(-c5ccccc5)c43)c2[2H])n1. The number of rotatable bonds is 5. The van der Waals surface area contributed by atoms with Crippen molar-refractivity contribution in [2.24, 2.45) is 0 Å². The Labute approximate surface area is 344 Å². The average molecular weight is 757 g/mol. The molecule has 5 nitrogen and oxygen atoms in total. The molecular formula is C51H30N4OS. The van der Waals surface area contributed by atoms with Gasteiger partial charge in [-0.1, -0.05) is 139 Å². The molecule has 0 saturated heterocycles. The summed E-state index contributed by atoms with van der Waals surface area (Å²) in [6.45, 7) is 0. The van der Waals surface area contributed by atoms with E-state index >= 15 is 0 Å². The van der Waals surface area contributed by atoms with Gasteiger partial charge in [0.2, 0.25) is 5.95 Å². The van der Waals surface area contributed by atoms with Gasteiger partial charge in [-0.15, -0.1) is 11.3 Å². The molecule has 0 unspecified atom stereocenters. The first kappa shape index (κ1) is 23.5. The van der Waals surface area contributed by atoms with Crippen molar-refractivity contribution in [1.82, 2.24) is 19.5 Å². The van der Waals surface area contributed by atoms with Crippen LogP contribution in [-0.2, 0) is 0 Å². The smallest absolute Gasteiger partial charge is 0.238 e. The van der Waals surface area contributed by atoms with Crippen LogP contribution in [0.4, 0.5) is 0 Å². The summed E-state index contributed by atoms with van der Waals surface area (Å²) in [4.78, 5) is 14.8. The number of nitrogens with zero attached hydrogens (tertiary/aromatic N) is 4. The van der Waals surface area contributed by atoms with E-state index in [4.69, 9.17) is 23.5 Å². The number of aromatic nitrogens is 4. The third kappa shape index (κ3) is 5.12. The molecule has 0 N–H and O–H groups in total. The summed E-state index contributed by atoms with van der Waals surface area (Å²) in [6.07, 6.45) is 0. The van der Waals surface area contributed by atoms with Crippen molar-refractivity contribution >= 4 is 75.3 Å². The number of para-hydroxylation sites is 1. The van der Waals surface area contributed by atoms with Gasteiger partial charge in [0.15, 0.2) is 11.6 Å². The third-order valence-electron chi connectivity index (χ3n) is 10.2. The van der Waals surface area contributed by atoms with Crippen LogP contribution in [0, 0.1) is 0 Å². The van der Waals surface area contributed by atoms with Crippen molar-refractivity contribution in [2.75, 3.05) is 0 Å². The number of hydrogen-bond donors (Lipinski definition) is 0. The molecule has 6 heteroatoms. The monoisotopic (exact) mass is 756 g/mol. The minimum absolute atomic E-state index is 0.00179. The first-order valence-corrected chi connectivity index (χ1v) is 19.0. The highest BCUT2D eigenvalue weighted by molar-refractivity contribution is 7.25. The van der Waals surface area contributed by atoms with Gasteiger partial charge in [0.05, 0.1) is 24.7 Å². The second-order valence-electron chi connectivity index (χ2n) is 13.6. The summed E-state index contributed by atoms with van der Waals surface area (Å²) in [5, 5.41) is 1.76. The van der Waals surface area contributed by atoms with Gasteiger partial charge in [-0.3, -0.25) is 4.57 Å². The predicted octanol–water partition coefficient (Wildman–Crippen LogP) is 13.9. The second-order valence-corrected chi connectivity index (χ2v) is 14.6. The number of thiophene rings is 1. The van der Waals surface area contributed by atoms with E-state index in [0.29, 0.717) is 32.4 Å². The van der Waals surface area contributed by atoms with Crippen molar-refractivity contribution in [2.45, 2.75) is 0 Å². The van der Waals surface area contributed by atoms with Gasteiger partial charge in [-0.2, -0.15) is 9.97 Å². The van der Waals surface area contributed by atoms with Crippen molar-refractivity contribution < 1.29 is 18.1 Å². The third-order valence-corrected chi connectivity index (χ3v) is 11.2. The molecule has 4 aromatic heterocycles. The fourth-order valence-electron chi connectivity index (χ4n) is 7.58. The normalized spacial score (nSPS) is 14.3. The van der Waals surface area contributed by atoms with Crippen LogP contribution in [-0.4, -0.2) is 19.5 Å². The maximum atomic E-state index is 9.94. The zero-order valence-electron chi connectivity index (χ0n) is 39.7. The number of benzene rings is 8. The Morgan fingerprint density at radius 1 is 0.456 bits per heavy atom. The molecule has 0 aliphatic rings. The van der Waals surface area contributed by atoms with Crippen LogP contribution in [0.15, 0.2) is 186 Å². The van der Waals surface area contributed by atoms with E-state index in [0.717, 1.165) is 27.8 Å². The second kappa shape index (κ2) is 12.6. The van der Waals surface area contributed by atoms with Gasteiger partial charge in [0.1, 0.15) is 11.2 Å². The highest BCUT2D eigenvalue weighted by Gasteiger charge is 2.21. The molecule has 0 fully saturated rings. The molecule has 0 bridgehead atoms. The number of hydrogen-bond acceptors (Lipinski definition) is 5. The van der Waals surface area contributed by atoms with Gasteiger partial charge in [0.25, 0.3) is 0 Å².